The zero-order valence-corrected chi connectivity index (χ0v) is 14.5. The number of ether oxygens (including phenoxy) is 1. The molecule has 0 spiro atoms. The van der Waals surface area contributed by atoms with E-state index in [1.54, 1.807) is 31.4 Å². The molecule has 1 aromatic carbocycles. The van der Waals surface area contributed by atoms with E-state index in [2.05, 4.69) is 34.5 Å². The van der Waals surface area contributed by atoms with Crippen molar-refractivity contribution < 1.29 is 13.2 Å². The highest BCUT2D eigenvalue weighted by Crippen LogP contribution is 2.20. The summed E-state index contributed by atoms with van der Waals surface area (Å²) in [5.41, 5.74) is 0. The molecule has 0 amide bonds. The van der Waals surface area contributed by atoms with Gasteiger partial charge in [0.15, 0.2) is 0 Å². The van der Waals surface area contributed by atoms with Crippen LogP contribution in [-0.2, 0) is 10.0 Å². The van der Waals surface area contributed by atoms with Crippen molar-refractivity contribution in [1.29, 1.82) is 0 Å². The van der Waals surface area contributed by atoms with E-state index < -0.39 is 10.0 Å². The third-order valence-corrected chi connectivity index (χ3v) is 5.91. The van der Waals surface area contributed by atoms with Crippen molar-refractivity contribution in [3.8, 4) is 5.75 Å². The lowest BCUT2D eigenvalue weighted by Crippen LogP contribution is -2.32. The van der Waals surface area contributed by atoms with Crippen molar-refractivity contribution in [2.24, 2.45) is 5.92 Å². The van der Waals surface area contributed by atoms with Crippen LogP contribution in [0.4, 0.5) is 0 Å². The van der Waals surface area contributed by atoms with E-state index in [-0.39, 0.29) is 9.72 Å². The lowest BCUT2D eigenvalue weighted by Gasteiger charge is -2.19. The molecule has 1 N–H and O–H groups in total. The second-order valence-corrected chi connectivity index (χ2v) is 7.56. The van der Waals surface area contributed by atoms with Crippen LogP contribution in [0.2, 0.25) is 0 Å². The van der Waals surface area contributed by atoms with Crippen LogP contribution >= 0.6 is 15.9 Å². The largest absolute Gasteiger partial charge is 0.497 e. The Labute approximate surface area is 130 Å². The van der Waals surface area contributed by atoms with Crippen molar-refractivity contribution in [3.63, 3.8) is 0 Å². The van der Waals surface area contributed by atoms with Crippen molar-refractivity contribution in [2.75, 3.05) is 13.7 Å². The zero-order chi connectivity index (χ0) is 15.2. The van der Waals surface area contributed by atoms with Gasteiger partial charge in [0.05, 0.1) is 12.0 Å². The first kappa shape index (κ1) is 17.5. The molecular weight excluding hydrogens is 342 g/mol. The van der Waals surface area contributed by atoms with E-state index in [1.807, 2.05) is 0 Å². The molecule has 4 nitrogen and oxygen atoms in total. The van der Waals surface area contributed by atoms with Crippen LogP contribution in [0.1, 0.15) is 26.7 Å². The number of hydrogen-bond acceptors (Lipinski definition) is 3. The fourth-order valence-corrected chi connectivity index (χ4v) is 4.18. The van der Waals surface area contributed by atoms with E-state index in [0.29, 0.717) is 18.2 Å². The summed E-state index contributed by atoms with van der Waals surface area (Å²) in [5.74, 6) is 1.10. The summed E-state index contributed by atoms with van der Waals surface area (Å²) in [4.78, 5) is 0.396. The van der Waals surface area contributed by atoms with Gasteiger partial charge in [-0.2, -0.15) is 0 Å². The molecule has 6 heteroatoms. The summed E-state index contributed by atoms with van der Waals surface area (Å²) < 4.78 is 32.0. The maximum absolute atomic E-state index is 12.2. The summed E-state index contributed by atoms with van der Waals surface area (Å²) >= 11 is 3.57. The molecule has 0 aliphatic heterocycles. The minimum atomic E-state index is -3.47. The number of halogens is 1. The van der Waals surface area contributed by atoms with Crippen LogP contribution in [0.25, 0.3) is 0 Å². The number of rotatable bonds is 8. The zero-order valence-electron chi connectivity index (χ0n) is 12.1. The summed E-state index contributed by atoms with van der Waals surface area (Å²) in [6.07, 6.45) is 2.05. The first-order chi connectivity index (χ1) is 9.44. The van der Waals surface area contributed by atoms with E-state index >= 15 is 0 Å². The summed E-state index contributed by atoms with van der Waals surface area (Å²) in [6, 6.07) is 6.37. The molecule has 0 saturated carbocycles. The molecule has 1 aromatic rings. The topological polar surface area (TPSA) is 55.4 Å². The molecule has 0 heterocycles. The van der Waals surface area contributed by atoms with Crippen LogP contribution in [0.5, 0.6) is 5.75 Å². The Morgan fingerprint density at radius 3 is 2.20 bits per heavy atom. The highest BCUT2D eigenvalue weighted by molar-refractivity contribution is 9.09. The molecular formula is C14H22BrNO3S. The van der Waals surface area contributed by atoms with Crippen LogP contribution in [-0.4, -0.2) is 26.9 Å². The number of hydrogen-bond donors (Lipinski definition) is 1. The third kappa shape index (κ3) is 4.75. The third-order valence-electron chi connectivity index (χ3n) is 3.40. The molecule has 1 unspecified atom stereocenters. The Morgan fingerprint density at radius 2 is 1.75 bits per heavy atom. The highest BCUT2D eigenvalue weighted by Gasteiger charge is 2.19. The van der Waals surface area contributed by atoms with Gasteiger partial charge in [-0.25, -0.2) is 13.1 Å². The number of nitrogens with one attached hydrogen (secondary N) is 1. The first-order valence-corrected chi connectivity index (χ1v) is 9.12. The molecule has 114 valence electrons. The lowest BCUT2D eigenvalue weighted by atomic mass is 10.00. The van der Waals surface area contributed by atoms with Crippen molar-refractivity contribution in [1.82, 2.24) is 4.72 Å². The van der Waals surface area contributed by atoms with Gasteiger partial charge in [-0.1, -0.05) is 42.6 Å². The predicted molar refractivity (Wildman–Crippen MR) is 85.0 cm³/mol. The SMILES string of the molecule is CCC(CC)C(Br)CNS(=O)(=O)c1ccc(OC)cc1. The molecule has 1 rings (SSSR count). The Balaban J connectivity index is 2.69. The fraction of sp³-hybridized carbons (Fsp3) is 0.571. The van der Waals surface area contributed by atoms with E-state index in [1.165, 1.54) is 0 Å². The van der Waals surface area contributed by atoms with Gasteiger partial charge in [-0.3, -0.25) is 0 Å². The monoisotopic (exact) mass is 363 g/mol. The van der Waals surface area contributed by atoms with Gasteiger partial charge in [0.1, 0.15) is 5.75 Å². The number of methoxy groups -OCH3 is 1. The molecule has 0 saturated heterocycles. The van der Waals surface area contributed by atoms with Gasteiger partial charge < -0.3 is 4.74 Å². The summed E-state index contributed by atoms with van der Waals surface area (Å²) in [7, 11) is -1.92. The standard InChI is InChI=1S/C14H22BrNO3S/c1-4-11(5-2)14(15)10-16-20(17,18)13-8-6-12(19-3)7-9-13/h6-9,11,14,16H,4-5,10H2,1-3H3. The van der Waals surface area contributed by atoms with Gasteiger partial charge in [-0.05, 0) is 30.2 Å². The average Bonchev–Trinajstić information content (AvgIpc) is 2.46. The molecule has 0 aliphatic rings. The maximum atomic E-state index is 12.2. The van der Waals surface area contributed by atoms with E-state index in [4.69, 9.17) is 4.74 Å². The van der Waals surface area contributed by atoms with E-state index in [0.717, 1.165) is 12.8 Å². The van der Waals surface area contributed by atoms with Crippen LogP contribution in [0.15, 0.2) is 29.2 Å². The summed E-state index contributed by atoms with van der Waals surface area (Å²) in [6.45, 7) is 4.61. The van der Waals surface area contributed by atoms with Gasteiger partial charge in [0, 0.05) is 11.4 Å². The van der Waals surface area contributed by atoms with Crippen molar-refractivity contribution in [2.45, 2.75) is 36.4 Å². The number of sulfonamides is 1. The van der Waals surface area contributed by atoms with Crippen LogP contribution in [0, 0.1) is 5.92 Å². The Bertz CT molecular complexity index is 498. The maximum Gasteiger partial charge on any atom is 0.240 e. The molecule has 0 aliphatic carbocycles. The summed E-state index contributed by atoms with van der Waals surface area (Å²) in [5, 5.41) is 0. The molecule has 1 atom stereocenters. The minimum Gasteiger partial charge on any atom is -0.497 e. The van der Waals surface area contributed by atoms with Crippen LogP contribution < -0.4 is 9.46 Å². The lowest BCUT2D eigenvalue weighted by molar-refractivity contribution is 0.414. The quantitative estimate of drug-likeness (QED) is 0.721. The number of benzene rings is 1. The average molecular weight is 364 g/mol. The Morgan fingerprint density at radius 1 is 1.20 bits per heavy atom. The molecule has 20 heavy (non-hydrogen) atoms. The Hall–Kier alpha value is -0.590. The molecule has 0 radical (unpaired) electrons. The van der Waals surface area contributed by atoms with Crippen molar-refractivity contribution >= 4 is 26.0 Å². The number of alkyl halides is 1. The predicted octanol–water partition coefficient (Wildman–Crippen LogP) is 3.17. The minimum absolute atomic E-state index is 0.144. The normalized spacial score (nSPS) is 13.4. The smallest absolute Gasteiger partial charge is 0.240 e. The first-order valence-electron chi connectivity index (χ1n) is 6.72. The van der Waals surface area contributed by atoms with Gasteiger partial charge in [0.2, 0.25) is 10.0 Å². The van der Waals surface area contributed by atoms with Gasteiger partial charge in [0.25, 0.3) is 0 Å². The van der Waals surface area contributed by atoms with Gasteiger partial charge in [-0.15, -0.1) is 0 Å². The molecule has 0 aromatic heterocycles. The van der Waals surface area contributed by atoms with Crippen molar-refractivity contribution in [3.05, 3.63) is 24.3 Å². The fourth-order valence-electron chi connectivity index (χ4n) is 1.99. The van der Waals surface area contributed by atoms with Crippen LogP contribution in [0.3, 0.4) is 0 Å². The highest BCUT2D eigenvalue weighted by atomic mass is 79.9. The second kappa shape index (κ2) is 8.00. The van der Waals surface area contributed by atoms with E-state index in [9.17, 15) is 8.42 Å². The second-order valence-electron chi connectivity index (χ2n) is 4.62. The molecule has 0 fully saturated rings. The van der Waals surface area contributed by atoms with Gasteiger partial charge >= 0.3 is 0 Å². The molecule has 0 bridgehead atoms. The Kier molecular flexibility index (Phi) is 6.99.